The SMILES string of the molecule is COCCNc1nnc(SCC(=O)N2c3ccccc3Sc3ccccc32)s1. The van der Waals surface area contributed by atoms with Crippen LogP contribution in [0.3, 0.4) is 0 Å². The molecule has 0 saturated heterocycles. The summed E-state index contributed by atoms with van der Waals surface area (Å²) in [5.74, 6) is 0.314. The van der Waals surface area contributed by atoms with Gasteiger partial charge in [0.2, 0.25) is 11.0 Å². The van der Waals surface area contributed by atoms with Crippen LogP contribution in [0, 0.1) is 0 Å². The minimum atomic E-state index is 0.0225. The summed E-state index contributed by atoms with van der Waals surface area (Å²) in [6.45, 7) is 1.28. The quantitative estimate of drug-likeness (QED) is 0.437. The molecule has 1 N–H and O–H groups in total. The minimum absolute atomic E-state index is 0.0225. The van der Waals surface area contributed by atoms with Crippen molar-refractivity contribution < 1.29 is 9.53 Å². The lowest BCUT2D eigenvalue weighted by molar-refractivity contribution is -0.115. The zero-order chi connectivity index (χ0) is 19.3. The topological polar surface area (TPSA) is 67.3 Å². The molecule has 3 aromatic rings. The first-order valence-corrected chi connectivity index (χ1v) is 11.3. The van der Waals surface area contributed by atoms with Gasteiger partial charge >= 0.3 is 0 Å². The summed E-state index contributed by atoms with van der Waals surface area (Å²) in [4.78, 5) is 17.1. The second-order valence-electron chi connectivity index (χ2n) is 5.85. The second-order valence-corrected chi connectivity index (χ2v) is 9.13. The molecular weight excluding hydrogens is 412 g/mol. The molecule has 0 unspecified atom stereocenters. The molecule has 2 aromatic carbocycles. The Balaban J connectivity index is 1.48. The number of amides is 1. The zero-order valence-corrected chi connectivity index (χ0v) is 17.6. The molecule has 1 aromatic heterocycles. The number of fused-ring (bicyclic) bond motifs is 2. The molecule has 0 fully saturated rings. The average Bonchev–Trinajstić information content (AvgIpc) is 3.18. The normalized spacial score (nSPS) is 12.4. The van der Waals surface area contributed by atoms with Crippen molar-refractivity contribution in [3.05, 3.63) is 48.5 Å². The van der Waals surface area contributed by atoms with Crippen molar-refractivity contribution >= 4 is 57.3 Å². The molecule has 0 atom stereocenters. The molecule has 6 nitrogen and oxygen atoms in total. The van der Waals surface area contributed by atoms with Gasteiger partial charge in [0.05, 0.1) is 23.7 Å². The molecule has 1 aliphatic heterocycles. The number of thioether (sulfide) groups is 1. The Bertz CT molecular complexity index is 934. The van der Waals surface area contributed by atoms with Crippen LogP contribution in [0.4, 0.5) is 16.5 Å². The Hall–Kier alpha value is -2.07. The van der Waals surface area contributed by atoms with E-state index in [4.69, 9.17) is 4.74 Å². The van der Waals surface area contributed by atoms with Crippen LogP contribution in [0.25, 0.3) is 0 Å². The maximum Gasteiger partial charge on any atom is 0.242 e. The molecule has 1 aliphatic rings. The van der Waals surface area contributed by atoms with Crippen molar-refractivity contribution in [2.75, 3.05) is 36.2 Å². The molecule has 0 radical (unpaired) electrons. The highest BCUT2D eigenvalue weighted by Gasteiger charge is 2.27. The number of aromatic nitrogens is 2. The molecule has 1 amide bonds. The number of hydrogen-bond acceptors (Lipinski definition) is 8. The summed E-state index contributed by atoms with van der Waals surface area (Å²) in [5.41, 5.74) is 1.85. The maximum atomic E-state index is 13.1. The number of hydrogen-bond donors (Lipinski definition) is 1. The van der Waals surface area contributed by atoms with E-state index in [2.05, 4.69) is 15.5 Å². The fourth-order valence-electron chi connectivity index (χ4n) is 2.76. The largest absolute Gasteiger partial charge is 0.383 e. The standard InChI is InChI=1S/C19H18N4O2S3/c1-25-11-10-20-18-21-22-19(28-18)26-12-17(24)23-13-6-2-4-8-15(13)27-16-9-5-3-7-14(16)23/h2-9H,10-12H2,1H3,(H,20,21). The molecule has 2 heterocycles. The van der Waals surface area contributed by atoms with E-state index < -0.39 is 0 Å². The van der Waals surface area contributed by atoms with Crippen LogP contribution in [-0.4, -0.2) is 42.1 Å². The summed E-state index contributed by atoms with van der Waals surface area (Å²) < 4.78 is 5.78. The summed E-state index contributed by atoms with van der Waals surface area (Å²) in [6.07, 6.45) is 0. The molecule has 144 valence electrons. The number of carbonyl (C=O) groups is 1. The van der Waals surface area contributed by atoms with Gasteiger partial charge in [0.15, 0.2) is 4.34 Å². The van der Waals surface area contributed by atoms with E-state index in [9.17, 15) is 4.79 Å². The fourth-order valence-corrected chi connectivity index (χ4v) is 5.45. The zero-order valence-electron chi connectivity index (χ0n) is 15.1. The summed E-state index contributed by atoms with van der Waals surface area (Å²) in [5, 5.41) is 12.1. The fraction of sp³-hybridized carbons (Fsp3) is 0.211. The smallest absolute Gasteiger partial charge is 0.242 e. The van der Waals surface area contributed by atoms with E-state index in [1.54, 1.807) is 18.9 Å². The van der Waals surface area contributed by atoms with Gasteiger partial charge in [-0.15, -0.1) is 10.2 Å². The van der Waals surface area contributed by atoms with Gasteiger partial charge in [-0.05, 0) is 24.3 Å². The van der Waals surface area contributed by atoms with E-state index in [-0.39, 0.29) is 5.91 Å². The predicted molar refractivity (Wildman–Crippen MR) is 115 cm³/mol. The third kappa shape index (κ3) is 4.17. The van der Waals surface area contributed by atoms with Gasteiger partial charge < -0.3 is 10.1 Å². The van der Waals surface area contributed by atoms with Gasteiger partial charge in [0.25, 0.3) is 0 Å². The van der Waals surface area contributed by atoms with Crippen LogP contribution in [0.5, 0.6) is 0 Å². The molecule has 28 heavy (non-hydrogen) atoms. The number of benzene rings is 2. The predicted octanol–water partition coefficient (Wildman–Crippen LogP) is 4.52. The number of nitrogens with zero attached hydrogens (tertiary/aromatic N) is 3. The first-order chi connectivity index (χ1) is 13.8. The van der Waals surface area contributed by atoms with E-state index in [1.807, 2.05) is 53.4 Å². The number of para-hydroxylation sites is 2. The monoisotopic (exact) mass is 430 g/mol. The summed E-state index contributed by atoms with van der Waals surface area (Å²) in [6, 6.07) is 16.0. The highest BCUT2D eigenvalue weighted by atomic mass is 32.2. The molecule has 0 bridgehead atoms. The van der Waals surface area contributed by atoms with Crippen LogP contribution in [0.1, 0.15) is 0 Å². The Morgan fingerprint density at radius 1 is 1.11 bits per heavy atom. The number of carbonyl (C=O) groups excluding carboxylic acids is 1. The first-order valence-electron chi connectivity index (χ1n) is 8.64. The van der Waals surface area contributed by atoms with Gasteiger partial charge in [-0.2, -0.15) is 0 Å². The van der Waals surface area contributed by atoms with Crippen LogP contribution in [0.2, 0.25) is 0 Å². The van der Waals surface area contributed by atoms with E-state index in [0.29, 0.717) is 18.9 Å². The third-order valence-electron chi connectivity index (χ3n) is 3.99. The number of rotatable bonds is 7. The van der Waals surface area contributed by atoms with Crippen molar-refractivity contribution in [3.63, 3.8) is 0 Å². The van der Waals surface area contributed by atoms with Crippen LogP contribution < -0.4 is 10.2 Å². The Labute approximate surface area is 175 Å². The van der Waals surface area contributed by atoms with Crippen LogP contribution >= 0.6 is 34.9 Å². The maximum absolute atomic E-state index is 13.1. The lowest BCUT2D eigenvalue weighted by atomic mass is 10.2. The Morgan fingerprint density at radius 3 is 2.46 bits per heavy atom. The van der Waals surface area contributed by atoms with Crippen molar-refractivity contribution in [3.8, 4) is 0 Å². The van der Waals surface area contributed by atoms with Crippen LogP contribution in [-0.2, 0) is 9.53 Å². The van der Waals surface area contributed by atoms with Crippen molar-refractivity contribution in [2.45, 2.75) is 14.1 Å². The molecule has 9 heteroatoms. The number of ether oxygens (including phenoxy) is 1. The second kappa shape index (κ2) is 8.95. The van der Waals surface area contributed by atoms with E-state index >= 15 is 0 Å². The molecule has 0 saturated carbocycles. The number of nitrogens with one attached hydrogen (secondary N) is 1. The van der Waals surface area contributed by atoms with Gasteiger partial charge in [0, 0.05) is 23.4 Å². The Kier molecular flexibility index (Phi) is 6.16. The highest BCUT2D eigenvalue weighted by molar-refractivity contribution is 8.01. The number of methoxy groups -OCH3 is 1. The lowest BCUT2D eigenvalue weighted by Gasteiger charge is -2.30. The number of anilines is 3. The van der Waals surface area contributed by atoms with E-state index in [1.165, 1.54) is 23.1 Å². The Morgan fingerprint density at radius 2 is 1.79 bits per heavy atom. The molecule has 0 aliphatic carbocycles. The van der Waals surface area contributed by atoms with E-state index in [0.717, 1.165) is 30.6 Å². The third-order valence-corrected chi connectivity index (χ3v) is 7.12. The van der Waals surface area contributed by atoms with Gasteiger partial charge in [0.1, 0.15) is 0 Å². The summed E-state index contributed by atoms with van der Waals surface area (Å²) >= 11 is 4.54. The molecular formula is C19H18N4O2S3. The van der Waals surface area contributed by atoms with Crippen molar-refractivity contribution in [1.82, 2.24) is 10.2 Å². The minimum Gasteiger partial charge on any atom is -0.383 e. The average molecular weight is 431 g/mol. The lowest BCUT2D eigenvalue weighted by Crippen LogP contribution is -2.29. The first kappa shape index (κ1) is 19.3. The van der Waals surface area contributed by atoms with Crippen LogP contribution in [0.15, 0.2) is 62.7 Å². The van der Waals surface area contributed by atoms with Gasteiger partial charge in [-0.1, -0.05) is 59.1 Å². The van der Waals surface area contributed by atoms with Gasteiger partial charge in [-0.3, -0.25) is 9.69 Å². The van der Waals surface area contributed by atoms with Gasteiger partial charge in [-0.25, -0.2) is 0 Å². The molecule has 4 rings (SSSR count). The molecule has 0 spiro atoms. The summed E-state index contributed by atoms with van der Waals surface area (Å²) in [7, 11) is 1.66. The highest BCUT2D eigenvalue weighted by Crippen LogP contribution is 2.48. The van der Waals surface area contributed by atoms with Crippen molar-refractivity contribution in [2.24, 2.45) is 0 Å². The van der Waals surface area contributed by atoms with Crippen molar-refractivity contribution in [1.29, 1.82) is 0 Å².